The predicted octanol–water partition coefficient (Wildman–Crippen LogP) is 4.07. The fraction of sp³-hybridized carbons (Fsp3) is 0.273. The third kappa shape index (κ3) is 3.63. The molecular formula is C11H11BrF2O. The Balaban J connectivity index is 2.63. The van der Waals surface area contributed by atoms with E-state index in [4.69, 9.17) is 4.74 Å². The summed E-state index contributed by atoms with van der Waals surface area (Å²) >= 11 is 3.07. The van der Waals surface area contributed by atoms with E-state index in [9.17, 15) is 8.78 Å². The van der Waals surface area contributed by atoms with E-state index in [0.717, 1.165) is 18.9 Å². The second-order valence-corrected chi connectivity index (χ2v) is 3.89. The average molecular weight is 277 g/mol. The number of rotatable bonds is 5. The molecule has 1 aromatic carbocycles. The summed E-state index contributed by atoms with van der Waals surface area (Å²) in [7, 11) is 0. The molecule has 0 aliphatic carbocycles. The molecule has 0 spiro atoms. The zero-order valence-electron chi connectivity index (χ0n) is 8.10. The van der Waals surface area contributed by atoms with Crippen LogP contribution in [0.5, 0.6) is 5.75 Å². The molecule has 0 atom stereocenters. The van der Waals surface area contributed by atoms with Gasteiger partial charge < -0.3 is 4.74 Å². The Morgan fingerprint density at radius 2 is 2.13 bits per heavy atom. The molecule has 0 bridgehead atoms. The van der Waals surface area contributed by atoms with Crippen molar-refractivity contribution in [1.29, 1.82) is 0 Å². The molecule has 0 aliphatic heterocycles. The summed E-state index contributed by atoms with van der Waals surface area (Å²) in [5.74, 6) is -1.93. The third-order valence-electron chi connectivity index (χ3n) is 1.77. The van der Waals surface area contributed by atoms with Gasteiger partial charge in [0.05, 0.1) is 6.61 Å². The molecule has 0 amide bonds. The first-order chi connectivity index (χ1) is 7.15. The topological polar surface area (TPSA) is 9.23 Å². The van der Waals surface area contributed by atoms with E-state index >= 15 is 0 Å². The van der Waals surface area contributed by atoms with E-state index in [2.05, 4.69) is 22.5 Å². The Morgan fingerprint density at radius 1 is 1.40 bits per heavy atom. The first-order valence-electron chi connectivity index (χ1n) is 4.53. The summed E-state index contributed by atoms with van der Waals surface area (Å²) in [6.07, 6.45) is 3.27. The minimum Gasteiger partial charge on any atom is -0.490 e. The SMILES string of the molecule is C=CCCCOc1cc(Br)cc(F)c1F. The summed E-state index contributed by atoms with van der Waals surface area (Å²) in [6, 6.07) is 2.47. The van der Waals surface area contributed by atoms with Gasteiger partial charge in [-0.05, 0) is 25.0 Å². The van der Waals surface area contributed by atoms with Crippen LogP contribution in [0.1, 0.15) is 12.8 Å². The predicted molar refractivity (Wildman–Crippen MR) is 59.0 cm³/mol. The monoisotopic (exact) mass is 276 g/mol. The molecule has 0 N–H and O–H groups in total. The number of unbranched alkanes of at least 4 members (excludes halogenated alkanes) is 1. The van der Waals surface area contributed by atoms with Crippen LogP contribution in [0.2, 0.25) is 0 Å². The summed E-state index contributed by atoms with van der Waals surface area (Å²) in [5, 5.41) is 0. The maximum Gasteiger partial charge on any atom is 0.200 e. The first kappa shape index (κ1) is 12.2. The van der Waals surface area contributed by atoms with Crippen molar-refractivity contribution in [3.63, 3.8) is 0 Å². The van der Waals surface area contributed by atoms with Crippen LogP contribution in [-0.4, -0.2) is 6.61 Å². The van der Waals surface area contributed by atoms with E-state index in [1.807, 2.05) is 0 Å². The highest BCUT2D eigenvalue weighted by atomic mass is 79.9. The number of hydrogen-bond acceptors (Lipinski definition) is 1. The second kappa shape index (κ2) is 5.85. The molecule has 0 aliphatic rings. The molecule has 4 heteroatoms. The lowest BCUT2D eigenvalue weighted by Gasteiger charge is -2.07. The van der Waals surface area contributed by atoms with Crippen molar-refractivity contribution in [3.8, 4) is 5.75 Å². The van der Waals surface area contributed by atoms with Crippen molar-refractivity contribution in [2.45, 2.75) is 12.8 Å². The summed E-state index contributed by atoms with van der Waals surface area (Å²) < 4.78 is 31.6. The fourth-order valence-electron chi connectivity index (χ4n) is 1.05. The van der Waals surface area contributed by atoms with Crippen LogP contribution in [0.4, 0.5) is 8.78 Å². The van der Waals surface area contributed by atoms with E-state index in [-0.39, 0.29) is 5.75 Å². The summed E-state index contributed by atoms with van der Waals surface area (Å²) in [4.78, 5) is 0. The number of hydrogen-bond donors (Lipinski definition) is 0. The van der Waals surface area contributed by atoms with Gasteiger partial charge in [0.2, 0.25) is 5.82 Å². The Kier molecular flexibility index (Phi) is 4.75. The summed E-state index contributed by atoms with van der Waals surface area (Å²) in [6.45, 7) is 3.90. The van der Waals surface area contributed by atoms with Crippen molar-refractivity contribution >= 4 is 15.9 Å². The van der Waals surface area contributed by atoms with Crippen LogP contribution in [0.15, 0.2) is 29.3 Å². The Labute approximate surface area is 95.9 Å². The van der Waals surface area contributed by atoms with Gasteiger partial charge >= 0.3 is 0 Å². The third-order valence-corrected chi connectivity index (χ3v) is 2.23. The van der Waals surface area contributed by atoms with Crippen molar-refractivity contribution in [2.24, 2.45) is 0 Å². The Morgan fingerprint density at radius 3 is 2.80 bits per heavy atom. The zero-order chi connectivity index (χ0) is 11.3. The minimum atomic E-state index is -0.947. The van der Waals surface area contributed by atoms with E-state index in [1.54, 1.807) is 6.08 Å². The van der Waals surface area contributed by atoms with Gasteiger partial charge in [-0.1, -0.05) is 22.0 Å². The standard InChI is InChI=1S/C11H11BrF2O/c1-2-3-4-5-15-10-7-8(12)6-9(13)11(10)14/h2,6-7H,1,3-5H2. The van der Waals surface area contributed by atoms with Gasteiger partial charge in [-0.25, -0.2) is 4.39 Å². The molecule has 0 fully saturated rings. The van der Waals surface area contributed by atoms with Crippen LogP contribution < -0.4 is 4.74 Å². The lowest BCUT2D eigenvalue weighted by molar-refractivity contribution is 0.290. The molecular weight excluding hydrogens is 266 g/mol. The van der Waals surface area contributed by atoms with E-state index in [1.165, 1.54) is 6.07 Å². The van der Waals surface area contributed by atoms with Gasteiger partial charge in [-0.2, -0.15) is 4.39 Å². The smallest absolute Gasteiger partial charge is 0.200 e. The number of ether oxygens (including phenoxy) is 1. The van der Waals surface area contributed by atoms with Crippen LogP contribution in [-0.2, 0) is 0 Å². The Bertz CT molecular complexity index is 353. The van der Waals surface area contributed by atoms with Gasteiger partial charge in [0.1, 0.15) is 0 Å². The molecule has 0 aromatic heterocycles. The largest absolute Gasteiger partial charge is 0.490 e. The Hall–Kier alpha value is -0.900. The molecule has 15 heavy (non-hydrogen) atoms. The first-order valence-corrected chi connectivity index (χ1v) is 5.32. The molecule has 82 valence electrons. The van der Waals surface area contributed by atoms with Crippen LogP contribution >= 0.6 is 15.9 Å². The normalized spacial score (nSPS) is 10.1. The van der Waals surface area contributed by atoms with Crippen molar-refractivity contribution in [1.82, 2.24) is 0 Å². The highest BCUT2D eigenvalue weighted by Gasteiger charge is 2.10. The van der Waals surface area contributed by atoms with Gasteiger partial charge in [0.25, 0.3) is 0 Å². The van der Waals surface area contributed by atoms with Crippen LogP contribution in [0.3, 0.4) is 0 Å². The highest BCUT2D eigenvalue weighted by Crippen LogP contribution is 2.25. The zero-order valence-corrected chi connectivity index (χ0v) is 9.69. The summed E-state index contributed by atoms with van der Waals surface area (Å²) in [5.41, 5.74) is 0. The molecule has 1 nitrogen and oxygen atoms in total. The fourth-order valence-corrected chi connectivity index (χ4v) is 1.46. The lowest BCUT2D eigenvalue weighted by Crippen LogP contribution is -2.00. The second-order valence-electron chi connectivity index (χ2n) is 2.98. The van der Waals surface area contributed by atoms with Gasteiger partial charge in [-0.15, -0.1) is 6.58 Å². The minimum absolute atomic E-state index is 0.0639. The molecule has 0 saturated carbocycles. The quantitative estimate of drug-likeness (QED) is 0.448. The number of halogens is 3. The van der Waals surface area contributed by atoms with Crippen molar-refractivity contribution < 1.29 is 13.5 Å². The highest BCUT2D eigenvalue weighted by molar-refractivity contribution is 9.10. The maximum absolute atomic E-state index is 13.1. The maximum atomic E-state index is 13.1. The van der Waals surface area contributed by atoms with Gasteiger partial charge in [0, 0.05) is 4.47 Å². The van der Waals surface area contributed by atoms with Gasteiger partial charge in [-0.3, -0.25) is 0 Å². The van der Waals surface area contributed by atoms with Crippen LogP contribution in [0.25, 0.3) is 0 Å². The molecule has 1 aromatic rings. The number of allylic oxidation sites excluding steroid dienone is 1. The molecule has 1 rings (SSSR count). The van der Waals surface area contributed by atoms with Crippen LogP contribution in [0, 0.1) is 11.6 Å². The van der Waals surface area contributed by atoms with Gasteiger partial charge in [0.15, 0.2) is 11.6 Å². The molecule has 0 unspecified atom stereocenters. The van der Waals surface area contributed by atoms with E-state index < -0.39 is 11.6 Å². The molecule has 0 radical (unpaired) electrons. The molecule has 0 saturated heterocycles. The number of benzene rings is 1. The lowest BCUT2D eigenvalue weighted by atomic mass is 10.3. The average Bonchev–Trinajstić information content (AvgIpc) is 2.19. The molecule has 0 heterocycles. The van der Waals surface area contributed by atoms with E-state index in [0.29, 0.717) is 11.1 Å². The van der Waals surface area contributed by atoms with Crippen molar-refractivity contribution in [3.05, 3.63) is 40.9 Å². The van der Waals surface area contributed by atoms with Crippen molar-refractivity contribution in [2.75, 3.05) is 6.61 Å².